The van der Waals surface area contributed by atoms with Crippen molar-refractivity contribution < 1.29 is 22.7 Å². The van der Waals surface area contributed by atoms with E-state index in [0.29, 0.717) is 24.4 Å². The molecule has 1 N–H and O–H groups in total. The molecule has 0 saturated carbocycles. The zero-order chi connectivity index (χ0) is 31.0. The van der Waals surface area contributed by atoms with Crippen LogP contribution in [0.25, 0.3) is 0 Å². The molecule has 0 aliphatic carbocycles. The fraction of sp³-hybridized carbons (Fsp3) is 0.394. The van der Waals surface area contributed by atoms with E-state index in [-0.39, 0.29) is 23.3 Å². The summed E-state index contributed by atoms with van der Waals surface area (Å²) in [6.07, 6.45) is 0.355. The van der Waals surface area contributed by atoms with Gasteiger partial charge in [0.15, 0.2) is 0 Å². The normalized spacial score (nSPS) is 12.1. The number of ether oxygens (including phenoxy) is 1. The van der Waals surface area contributed by atoms with E-state index in [0.717, 1.165) is 22.3 Å². The van der Waals surface area contributed by atoms with E-state index in [2.05, 4.69) is 5.32 Å². The zero-order valence-electron chi connectivity index (χ0n) is 25.7. The smallest absolute Gasteiger partial charge is 0.264 e. The van der Waals surface area contributed by atoms with Crippen LogP contribution in [0.15, 0.2) is 71.6 Å². The summed E-state index contributed by atoms with van der Waals surface area (Å²) >= 11 is 0. The lowest BCUT2D eigenvalue weighted by molar-refractivity contribution is -0.140. The molecule has 0 spiro atoms. The van der Waals surface area contributed by atoms with Gasteiger partial charge in [-0.2, -0.15) is 0 Å². The van der Waals surface area contributed by atoms with E-state index in [4.69, 9.17) is 4.74 Å². The highest BCUT2D eigenvalue weighted by Crippen LogP contribution is 2.29. The van der Waals surface area contributed by atoms with E-state index in [1.807, 2.05) is 65.8 Å². The zero-order valence-corrected chi connectivity index (χ0v) is 26.5. The molecule has 0 aliphatic heterocycles. The molecule has 0 saturated heterocycles. The number of hydrogen-bond donors (Lipinski definition) is 1. The molecule has 3 aromatic carbocycles. The van der Waals surface area contributed by atoms with Crippen LogP contribution in [0.4, 0.5) is 5.69 Å². The molecule has 0 fully saturated rings. The van der Waals surface area contributed by atoms with E-state index in [9.17, 15) is 18.0 Å². The summed E-state index contributed by atoms with van der Waals surface area (Å²) in [5.74, 6) is 0.0904. The average Bonchev–Trinajstić information content (AvgIpc) is 2.96. The van der Waals surface area contributed by atoms with Crippen molar-refractivity contribution in [1.82, 2.24) is 10.2 Å². The highest BCUT2D eigenvalue weighted by molar-refractivity contribution is 7.92. The van der Waals surface area contributed by atoms with Crippen molar-refractivity contribution in [3.8, 4) is 5.75 Å². The van der Waals surface area contributed by atoms with Crippen LogP contribution in [-0.4, -0.2) is 51.4 Å². The van der Waals surface area contributed by atoms with Crippen molar-refractivity contribution in [1.29, 1.82) is 0 Å². The minimum atomic E-state index is -4.13. The lowest BCUT2D eigenvalue weighted by atomic mass is 10.1. The Morgan fingerprint density at radius 3 is 2.24 bits per heavy atom. The second-order valence-corrected chi connectivity index (χ2v) is 12.8. The minimum Gasteiger partial charge on any atom is -0.497 e. The molecule has 0 heterocycles. The Balaban J connectivity index is 2.10. The van der Waals surface area contributed by atoms with Gasteiger partial charge in [-0.25, -0.2) is 8.42 Å². The number of hydrogen-bond acceptors (Lipinski definition) is 5. The van der Waals surface area contributed by atoms with Crippen LogP contribution < -0.4 is 14.4 Å². The third-order valence-electron chi connectivity index (χ3n) is 7.29. The van der Waals surface area contributed by atoms with Crippen LogP contribution in [0.1, 0.15) is 49.4 Å². The molecule has 1 atom stereocenters. The van der Waals surface area contributed by atoms with Crippen LogP contribution in [-0.2, 0) is 26.2 Å². The third kappa shape index (κ3) is 7.91. The van der Waals surface area contributed by atoms with Crippen molar-refractivity contribution >= 4 is 27.5 Å². The van der Waals surface area contributed by atoms with E-state index in [1.165, 1.54) is 9.21 Å². The van der Waals surface area contributed by atoms with E-state index in [1.54, 1.807) is 49.6 Å². The van der Waals surface area contributed by atoms with Crippen LogP contribution in [0.3, 0.4) is 0 Å². The number of anilines is 1. The van der Waals surface area contributed by atoms with Crippen LogP contribution >= 0.6 is 0 Å². The number of carbonyl (C=O) groups is 2. The van der Waals surface area contributed by atoms with Gasteiger partial charge in [-0.1, -0.05) is 62.7 Å². The van der Waals surface area contributed by atoms with Gasteiger partial charge in [0, 0.05) is 13.1 Å². The van der Waals surface area contributed by atoms with E-state index >= 15 is 0 Å². The number of amides is 2. The maximum atomic E-state index is 14.3. The number of sulfonamides is 1. The quantitative estimate of drug-likeness (QED) is 0.287. The fourth-order valence-electron chi connectivity index (χ4n) is 4.67. The van der Waals surface area contributed by atoms with Crippen LogP contribution in [0, 0.1) is 26.7 Å². The molecule has 3 aromatic rings. The highest BCUT2D eigenvalue weighted by atomic mass is 32.2. The standard InChI is InChI=1S/C33H43N3O5S/c1-8-30(33(38)34-20-23(2)3)35(21-27-12-10-13-28(19-27)41-7)32(37)22-36(31-14-9-11-25(5)26(31)6)42(39,40)29-17-15-24(4)16-18-29/h9-19,23,30H,8,20-22H2,1-7H3,(H,34,38)/t30-/m1/s1. The van der Waals surface area contributed by atoms with Crippen molar-refractivity contribution in [2.75, 3.05) is 24.5 Å². The molecule has 0 radical (unpaired) electrons. The van der Waals surface area contributed by atoms with Gasteiger partial charge in [0.1, 0.15) is 18.3 Å². The van der Waals surface area contributed by atoms with Gasteiger partial charge in [-0.3, -0.25) is 13.9 Å². The van der Waals surface area contributed by atoms with Gasteiger partial charge in [-0.15, -0.1) is 0 Å². The molecule has 0 unspecified atom stereocenters. The summed E-state index contributed by atoms with van der Waals surface area (Å²) < 4.78 is 34.8. The number of aryl methyl sites for hydroxylation is 2. The SMILES string of the molecule is CC[C@H](C(=O)NCC(C)C)N(Cc1cccc(OC)c1)C(=O)CN(c1cccc(C)c1C)S(=O)(=O)c1ccc(C)cc1. The van der Waals surface area contributed by atoms with Gasteiger partial charge < -0.3 is 15.0 Å². The molecule has 9 heteroatoms. The first-order chi connectivity index (χ1) is 19.9. The molecule has 42 heavy (non-hydrogen) atoms. The Morgan fingerprint density at radius 2 is 1.62 bits per heavy atom. The van der Waals surface area contributed by atoms with Gasteiger partial charge in [0.05, 0.1) is 17.7 Å². The molecule has 0 aliphatic rings. The monoisotopic (exact) mass is 593 g/mol. The summed E-state index contributed by atoms with van der Waals surface area (Å²) in [4.78, 5) is 29.2. The van der Waals surface area contributed by atoms with Crippen molar-refractivity contribution in [3.63, 3.8) is 0 Å². The molecule has 226 valence electrons. The summed E-state index contributed by atoms with van der Waals surface area (Å²) in [5, 5.41) is 2.95. The van der Waals surface area contributed by atoms with Crippen molar-refractivity contribution in [2.24, 2.45) is 5.92 Å². The molecule has 8 nitrogen and oxygen atoms in total. The van der Waals surface area contributed by atoms with Crippen molar-refractivity contribution in [2.45, 2.75) is 65.4 Å². The third-order valence-corrected chi connectivity index (χ3v) is 9.06. The lowest BCUT2D eigenvalue weighted by Gasteiger charge is -2.34. The molecule has 3 rings (SSSR count). The average molecular weight is 594 g/mol. The minimum absolute atomic E-state index is 0.0860. The Morgan fingerprint density at radius 1 is 0.952 bits per heavy atom. The first-order valence-corrected chi connectivity index (χ1v) is 15.7. The predicted molar refractivity (Wildman–Crippen MR) is 167 cm³/mol. The Bertz CT molecular complexity index is 1490. The first kappa shape index (κ1) is 32.7. The number of benzene rings is 3. The Labute approximate surface area is 250 Å². The maximum Gasteiger partial charge on any atom is 0.264 e. The lowest BCUT2D eigenvalue weighted by Crippen LogP contribution is -2.52. The number of methoxy groups -OCH3 is 1. The molecular formula is C33H43N3O5S. The topological polar surface area (TPSA) is 96.0 Å². The van der Waals surface area contributed by atoms with Gasteiger partial charge in [0.2, 0.25) is 11.8 Å². The number of rotatable bonds is 13. The highest BCUT2D eigenvalue weighted by Gasteiger charge is 2.34. The van der Waals surface area contributed by atoms with E-state index < -0.39 is 28.5 Å². The summed E-state index contributed by atoms with van der Waals surface area (Å²) in [5.41, 5.74) is 3.75. The maximum absolute atomic E-state index is 14.3. The number of nitrogens with zero attached hydrogens (tertiary/aromatic N) is 2. The van der Waals surface area contributed by atoms with Gasteiger partial charge >= 0.3 is 0 Å². The van der Waals surface area contributed by atoms with Crippen molar-refractivity contribution in [3.05, 3.63) is 89.0 Å². The van der Waals surface area contributed by atoms with Gasteiger partial charge in [-0.05, 0) is 80.1 Å². The number of nitrogens with one attached hydrogen (secondary N) is 1. The predicted octanol–water partition coefficient (Wildman–Crippen LogP) is 5.40. The van der Waals surface area contributed by atoms with Crippen LogP contribution in [0.2, 0.25) is 0 Å². The largest absolute Gasteiger partial charge is 0.497 e. The summed E-state index contributed by atoms with van der Waals surface area (Å²) in [6.45, 7) is 11.6. The number of carbonyl (C=O) groups excluding carboxylic acids is 2. The molecule has 2 amide bonds. The Hall–Kier alpha value is -3.85. The molecule has 0 bridgehead atoms. The first-order valence-electron chi connectivity index (χ1n) is 14.2. The molecular weight excluding hydrogens is 550 g/mol. The molecule has 0 aromatic heterocycles. The van der Waals surface area contributed by atoms with Crippen LogP contribution in [0.5, 0.6) is 5.75 Å². The van der Waals surface area contributed by atoms with Gasteiger partial charge in [0.25, 0.3) is 10.0 Å². The fourth-order valence-corrected chi connectivity index (χ4v) is 6.14. The second kappa shape index (κ2) is 14.4. The summed E-state index contributed by atoms with van der Waals surface area (Å²) in [6, 6.07) is 18.4. The Kier molecular flexibility index (Phi) is 11.2. The summed E-state index contributed by atoms with van der Waals surface area (Å²) in [7, 11) is -2.57. The second-order valence-electron chi connectivity index (χ2n) is 11.0.